The van der Waals surface area contributed by atoms with Crippen molar-refractivity contribution in [2.75, 3.05) is 6.54 Å². The van der Waals surface area contributed by atoms with E-state index in [-0.39, 0.29) is 11.8 Å². The highest BCUT2D eigenvalue weighted by Gasteiger charge is 2.29. The van der Waals surface area contributed by atoms with Gasteiger partial charge >= 0.3 is 0 Å². The first-order chi connectivity index (χ1) is 14.9. The molecule has 4 rings (SSSR count). The number of carbonyl (C=O) groups excluding carboxylic acids is 2. The van der Waals surface area contributed by atoms with Gasteiger partial charge in [0.05, 0.1) is 6.42 Å². The van der Waals surface area contributed by atoms with Crippen molar-refractivity contribution >= 4 is 23.4 Å². The van der Waals surface area contributed by atoms with Crippen molar-refractivity contribution in [2.24, 2.45) is 7.05 Å². The third-order valence-electron chi connectivity index (χ3n) is 5.61. The number of carbonyl (C=O) groups is 2. The lowest BCUT2D eigenvalue weighted by Crippen LogP contribution is -2.38. The van der Waals surface area contributed by atoms with E-state index < -0.39 is 0 Å². The Morgan fingerprint density at radius 2 is 1.90 bits per heavy atom. The van der Waals surface area contributed by atoms with Gasteiger partial charge in [-0.3, -0.25) is 14.3 Å². The maximum absolute atomic E-state index is 12.9. The molecule has 1 N–H and O–H groups in total. The van der Waals surface area contributed by atoms with Gasteiger partial charge in [0, 0.05) is 49.4 Å². The van der Waals surface area contributed by atoms with Crippen LogP contribution < -0.4 is 5.32 Å². The second-order valence-electron chi connectivity index (χ2n) is 7.94. The molecule has 0 saturated carbocycles. The molecule has 31 heavy (non-hydrogen) atoms. The minimum Gasteiger partial charge on any atom is -0.347 e. The van der Waals surface area contributed by atoms with Crippen molar-refractivity contribution < 1.29 is 9.59 Å². The first-order valence-electron chi connectivity index (χ1n) is 10.3. The van der Waals surface area contributed by atoms with Crippen LogP contribution >= 0.6 is 11.6 Å². The highest BCUT2D eigenvalue weighted by atomic mass is 35.5. The van der Waals surface area contributed by atoms with Gasteiger partial charge in [0.15, 0.2) is 5.69 Å². The van der Waals surface area contributed by atoms with Crippen LogP contribution in [0.15, 0.2) is 48.5 Å². The van der Waals surface area contributed by atoms with Crippen molar-refractivity contribution in [3.05, 3.63) is 87.2 Å². The molecule has 2 amide bonds. The molecule has 0 atom stereocenters. The molecule has 7 heteroatoms. The van der Waals surface area contributed by atoms with Gasteiger partial charge in [-0.1, -0.05) is 53.6 Å². The maximum atomic E-state index is 12.9. The Kier molecular flexibility index (Phi) is 6.09. The van der Waals surface area contributed by atoms with E-state index in [0.29, 0.717) is 43.2 Å². The number of hydrogen-bond donors (Lipinski definition) is 1. The smallest absolute Gasteiger partial charge is 0.272 e. The topological polar surface area (TPSA) is 67.2 Å². The zero-order valence-corrected chi connectivity index (χ0v) is 18.4. The molecule has 0 aliphatic carbocycles. The summed E-state index contributed by atoms with van der Waals surface area (Å²) in [5.74, 6) is -0.174. The first kappa shape index (κ1) is 21.1. The van der Waals surface area contributed by atoms with Gasteiger partial charge in [-0.05, 0) is 30.2 Å². The van der Waals surface area contributed by atoms with Gasteiger partial charge in [-0.15, -0.1) is 0 Å². The maximum Gasteiger partial charge on any atom is 0.272 e. The lowest BCUT2D eigenvalue weighted by atomic mass is 10.0. The number of rotatable bonds is 5. The fourth-order valence-corrected chi connectivity index (χ4v) is 4.09. The van der Waals surface area contributed by atoms with Crippen LogP contribution in [0.5, 0.6) is 0 Å². The van der Waals surface area contributed by atoms with Crippen LogP contribution in [-0.2, 0) is 37.8 Å². The zero-order valence-electron chi connectivity index (χ0n) is 17.7. The van der Waals surface area contributed by atoms with Crippen molar-refractivity contribution in [1.29, 1.82) is 0 Å². The third kappa shape index (κ3) is 4.80. The molecule has 6 nitrogen and oxygen atoms in total. The van der Waals surface area contributed by atoms with Crippen molar-refractivity contribution in [3.63, 3.8) is 0 Å². The molecule has 1 aliphatic rings. The average Bonchev–Trinajstić information content (AvgIpc) is 3.09. The van der Waals surface area contributed by atoms with E-state index >= 15 is 0 Å². The number of benzene rings is 2. The monoisotopic (exact) mass is 436 g/mol. The molecular formula is C24H25ClN4O2. The molecule has 0 spiro atoms. The zero-order chi connectivity index (χ0) is 22.0. The van der Waals surface area contributed by atoms with E-state index in [0.717, 1.165) is 27.9 Å². The van der Waals surface area contributed by atoms with Gasteiger partial charge in [0.2, 0.25) is 5.91 Å². The highest BCUT2D eigenvalue weighted by molar-refractivity contribution is 6.30. The summed E-state index contributed by atoms with van der Waals surface area (Å²) in [6.07, 6.45) is 1.04. The Morgan fingerprint density at radius 1 is 1.13 bits per heavy atom. The predicted octanol–water partition coefficient (Wildman–Crippen LogP) is 3.44. The number of amides is 2. The van der Waals surface area contributed by atoms with E-state index in [1.165, 1.54) is 0 Å². The van der Waals surface area contributed by atoms with Crippen LogP contribution in [0.25, 0.3) is 0 Å². The molecule has 1 aliphatic heterocycles. The summed E-state index contributed by atoms with van der Waals surface area (Å²) in [7, 11) is 1.85. The molecule has 0 radical (unpaired) electrons. The van der Waals surface area contributed by atoms with Gasteiger partial charge in [-0.25, -0.2) is 0 Å². The summed E-state index contributed by atoms with van der Waals surface area (Å²) in [6.45, 7) is 3.43. The van der Waals surface area contributed by atoms with Crippen LogP contribution in [-0.4, -0.2) is 33.0 Å². The standard InChI is InChI=1S/C24H25ClN4O2/c1-16-4-3-5-18(12-16)13-22(30)29-11-10-21-20(15-29)23(27-28(21)2)24(31)26-14-17-6-8-19(25)9-7-17/h3-9,12H,10-11,13-15H2,1-2H3,(H,26,31). The highest BCUT2D eigenvalue weighted by Crippen LogP contribution is 2.23. The summed E-state index contributed by atoms with van der Waals surface area (Å²) >= 11 is 5.92. The van der Waals surface area contributed by atoms with Crippen LogP contribution in [0.2, 0.25) is 5.02 Å². The first-order valence-corrected chi connectivity index (χ1v) is 10.7. The summed E-state index contributed by atoms with van der Waals surface area (Å²) < 4.78 is 1.76. The molecule has 2 aromatic carbocycles. The van der Waals surface area contributed by atoms with E-state index in [9.17, 15) is 9.59 Å². The molecular weight excluding hydrogens is 412 g/mol. The molecule has 0 bridgehead atoms. The molecule has 3 aromatic rings. The Morgan fingerprint density at radius 3 is 2.65 bits per heavy atom. The number of aromatic nitrogens is 2. The predicted molar refractivity (Wildman–Crippen MR) is 120 cm³/mol. The fourth-order valence-electron chi connectivity index (χ4n) is 3.96. The normalized spacial score (nSPS) is 13.1. The van der Waals surface area contributed by atoms with Crippen molar-refractivity contribution in [1.82, 2.24) is 20.0 Å². The van der Waals surface area contributed by atoms with E-state index in [4.69, 9.17) is 11.6 Å². The van der Waals surface area contributed by atoms with Gasteiger partial charge in [0.25, 0.3) is 5.91 Å². The molecule has 0 saturated heterocycles. The SMILES string of the molecule is Cc1cccc(CC(=O)N2CCc3c(c(C(=O)NCc4ccc(Cl)cc4)nn3C)C2)c1. The van der Waals surface area contributed by atoms with Crippen LogP contribution in [0.1, 0.15) is 38.4 Å². The second-order valence-corrected chi connectivity index (χ2v) is 8.37. The van der Waals surface area contributed by atoms with Crippen LogP contribution in [0.4, 0.5) is 0 Å². The number of aryl methyl sites for hydroxylation is 2. The minimum absolute atomic E-state index is 0.0626. The summed E-state index contributed by atoms with van der Waals surface area (Å²) in [4.78, 5) is 27.6. The Balaban J connectivity index is 1.46. The Bertz CT molecular complexity index is 1120. The second kappa shape index (κ2) is 8.94. The third-order valence-corrected chi connectivity index (χ3v) is 5.87. The van der Waals surface area contributed by atoms with Crippen LogP contribution in [0.3, 0.4) is 0 Å². The fraction of sp³-hybridized carbons (Fsp3) is 0.292. The molecule has 1 aromatic heterocycles. The van der Waals surface area contributed by atoms with Gasteiger partial charge in [-0.2, -0.15) is 5.10 Å². The van der Waals surface area contributed by atoms with E-state index in [1.54, 1.807) is 16.8 Å². The average molecular weight is 437 g/mol. The molecule has 0 unspecified atom stereocenters. The number of fused-ring (bicyclic) bond motifs is 1. The largest absolute Gasteiger partial charge is 0.347 e. The number of nitrogens with zero attached hydrogens (tertiary/aromatic N) is 3. The van der Waals surface area contributed by atoms with Crippen molar-refractivity contribution in [2.45, 2.75) is 32.9 Å². The van der Waals surface area contributed by atoms with Crippen molar-refractivity contribution in [3.8, 4) is 0 Å². The van der Waals surface area contributed by atoms with E-state index in [1.807, 2.05) is 55.3 Å². The summed E-state index contributed by atoms with van der Waals surface area (Å²) in [5, 5.41) is 8.04. The summed E-state index contributed by atoms with van der Waals surface area (Å²) in [5.41, 5.74) is 5.33. The number of nitrogens with one attached hydrogen (secondary N) is 1. The van der Waals surface area contributed by atoms with Gasteiger partial charge in [0.1, 0.15) is 0 Å². The lowest BCUT2D eigenvalue weighted by Gasteiger charge is -2.27. The Labute approximate surface area is 186 Å². The van der Waals surface area contributed by atoms with Crippen LogP contribution in [0, 0.1) is 6.92 Å². The van der Waals surface area contributed by atoms with Gasteiger partial charge < -0.3 is 10.2 Å². The minimum atomic E-state index is -0.236. The lowest BCUT2D eigenvalue weighted by molar-refractivity contribution is -0.131. The summed E-state index contributed by atoms with van der Waals surface area (Å²) in [6, 6.07) is 15.3. The quantitative estimate of drug-likeness (QED) is 0.666. The molecule has 2 heterocycles. The number of halogens is 1. The molecule has 160 valence electrons. The number of hydrogen-bond acceptors (Lipinski definition) is 3. The Hall–Kier alpha value is -3.12. The molecule has 0 fully saturated rings. The van der Waals surface area contributed by atoms with E-state index in [2.05, 4.69) is 10.4 Å².